The van der Waals surface area contributed by atoms with E-state index in [1.54, 1.807) is 24.1 Å². The minimum atomic E-state index is -0.682. The first-order valence-electron chi connectivity index (χ1n) is 11.1. The largest absolute Gasteiger partial charge is 0.383 e. The van der Waals surface area contributed by atoms with Gasteiger partial charge in [0.2, 0.25) is 5.91 Å². The number of urea groups is 1. The molecule has 4 rings (SSSR count). The number of aromatic nitrogens is 1. The molecule has 0 aliphatic carbocycles. The number of pyridine rings is 1. The van der Waals surface area contributed by atoms with Gasteiger partial charge in [-0.15, -0.1) is 0 Å². The zero-order chi connectivity index (χ0) is 22.5. The molecule has 2 aliphatic heterocycles. The zero-order valence-electron chi connectivity index (χ0n) is 18.3. The molecule has 0 spiro atoms. The number of hydrogen-bond donors (Lipinski definition) is 2. The Kier molecular flexibility index (Phi) is 6.90. The third-order valence-corrected chi connectivity index (χ3v) is 6.27. The summed E-state index contributed by atoms with van der Waals surface area (Å²) in [5, 5.41) is 5.79. The van der Waals surface area contributed by atoms with Gasteiger partial charge in [0, 0.05) is 57.4 Å². The van der Waals surface area contributed by atoms with Crippen molar-refractivity contribution in [3.05, 3.63) is 70.1 Å². The van der Waals surface area contributed by atoms with E-state index in [0.29, 0.717) is 39.2 Å². The highest BCUT2D eigenvalue weighted by molar-refractivity contribution is 5.87. The fourth-order valence-electron chi connectivity index (χ4n) is 4.76. The molecule has 1 saturated heterocycles. The summed E-state index contributed by atoms with van der Waals surface area (Å²) >= 11 is 0. The van der Waals surface area contributed by atoms with Crippen LogP contribution in [0.25, 0.3) is 0 Å². The Balaban J connectivity index is 1.45. The summed E-state index contributed by atoms with van der Waals surface area (Å²) in [6.45, 7) is 2.53. The summed E-state index contributed by atoms with van der Waals surface area (Å²) in [7, 11) is 1.58. The molecule has 0 unspecified atom stereocenters. The Hall–Kier alpha value is -3.13. The number of ether oxygens (including phenoxy) is 1. The van der Waals surface area contributed by atoms with Crippen LogP contribution in [0, 0.1) is 5.92 Å². The van der Waals surface area contributed by atoms with Gasteiger partial charge in [0.1, 0.15) is 6.04 Å². The van der Waals surface area contributed by atoms with E-state index in [-0.39, 0.29) is 29.3 Å². The lowest BCUT2D eigenvalue weighted by atomic mass is 9.83. The van der Waals surface area contributed by atoms with Crippen molar-refractivity contribution in [3.63, 3.8) is 0 Å². The lowest BCUT2D eigenvalue weighted by Gasteiger charge is -2.43. The Labute approximate surface area is 187 Å². The van der Waals surface area contributed by atoms with Crippen molar-refractivity contribution in [1.82, 2.24) is 20.1 Å². The number of carbonyl (C=O) groups excluding carboxylic acids is 2. The molecule has 3 atom stereocenters. The molecule has 0 saturated carbocycles. The number of amides is 3. The number of carbonyl (C=O) groups is 2. The second-order valence-electron chi connectivity index (χ2n) is 8.58. The van der Waals surface area contributed by atoms with Crippen LogP contribution in [0.15, 0.2) is 53.3 Å². The van der Waals surface area contributed by atoms with E-state index in [1.165, 1.54) is 0 Å². The van der Waals surface area contributed by atoms with E-state index in [9.17, 15) is 14.4 Å². The SMILES string of the molecule is COCCNC(=O)[C@H](Cc1ccccc1)NC(=O)N1C[C@@H]2C[C@@H](C1)c1cccc(=O)n1C2. The molecule has 1 fully saturated rings. The van der Waals surface area contributed by atoms with Crippen LogP contribution in [0.4, 0.5) is 4.79 Å². The molecule has 2 aliphatic rings. The molecular formula is C24H30N4O4. The van der Waals surface area contributed by atoms with E-state index in [0.717, 1.165) is 17.7 Å². The summed E-state index contributed by atoms with van der Waals surface area (Å²) in [6, 6.07) is 14.1. The fourth-order valence-corrected chi connectivity index (χ4v) is 4.76. The molecule has 32 heavy (non-hydrogen) atoms. The molecule has 1 aromatic carbocycles. The normalized spacial score (nSPS) is 20.2. The van der Waals surface area contributed by atoms with Crippen LogP contribution in [-0.4, -0.2) is 60.8 Å². The Morgan fingerprint density at radius 2 is 1.91 bits per heavy atom. The third kappa shape index (κ3) is 5.02. The summed E-state index contributed by atoms with van der Waals surface area (Å²) in [5.74, 6) is 0.133. The van der Waals surface area contributed by atoms with Crippen molar-refractivity contribution in [3.8, 4) is 0 Å². The maximum absolute atomic E-state index is 13.2. The summed E-state index contributed by atoms with van der Waals surface area (Å²) in [6.07, 6.45) is 1.38. The van der Waals surface area contributed by atoms with E-state index >= 15 is 0 Å². The molecule has 2 aromatic rings. The third-order valence-electron chi connectivity index (χ3n) is 6.27. The summed E-state index contributed by atoms with van der Waals surface area (Å²) in [5.41, 5.74) is 1.98. The van der Waals surface area contributed by atoms with Crippen LogP contribution < -0.4 is 16.2 Å². The van der Waals surface area contributed by atoms with Crippen molar-refractivity contribution in [2.24, 2.45) is 5.92 Å². The number of methoxy groups -OCH3 is 1. The number of nitrogens with one attached hydrogen (secondary N) is 2. The van der Waals surface area contributed by atoms with Gasteiger partial charge in [-0.3, -0.25) is 9.59 Å². The topological polar surface area (TPSA) is 92.7 Å². The number of likely N-dealkylation sites (tertiary alicyclic amines) is 1. The van der Waals surface area contributed by atoms with E-state index in [2.05, 4.69) is 10.6 Å². The van der Waals surface area contributed by atoms with Gasteiger partial charge in [0.05, 0.1) is 6.61 Å². The van der Waals surface area contributed by atoms with Crippen LogP contribution in [0.1, 0.15) is 23.6 Å². The predicted octanol–water partition coefficient (Wildman–Crippen LogP) is 1.35. The second kappa shape index (κ2) is 9.99. The lowest BCUT2D eigenvalue weighted by molar-refractivity contribution is -0.123. The van der Waals surface area contributed by atoms with Crippen LogP contribution in [0.3, 0.4) is 0 Å². The number of rotatable bonds is 7. The number of piperidine rings is 1. The Bertz CT molecular complexity index is 1010. The number of benzene rings is 1. The van der Waals surface area contributed by atoms with Crippen LogP contribution in [0.5, 0.6) is 0 Å². The van der Waals surface area contributed by atoms with E-state index < -0.39 is 6.04 Å². The van der Waals surface area contributed by atoms with E-state index in [1.807, 2.05) is 41.0 Å². The molecule has 2 N–H and O–H groups in total. The summed E-state index contributed by atoms with van der Waals surface area (Å²) < 4.78 is 6.85. The molecule has 8 heteroatoms. The predicted molar refractivity (Wildman–Crippen MR) is 120 cm³/mol. The number of nitrogens with zero attached hydrogens (tertiary/aromatic N) is 2. The minimum absolute atomic E-state index is 0.0192. The summed E-state index contributed by atoms with van der Waals surface area (Å²) in [4.78, 5) is 40.0. The van der Waals surface area contributed by atoms with Crippen molar-refractivity contribution in [1.29, 1.82) is 0 Å². The standard InChI is InChI=1S/C24H30N4O4/c1-32-11-10-25-23(30)20(13-17-6-3-2-4-7-17)26-24(31)27-14-18-12-19(16-27)21-8-5-9-22(29)28(21)15-18/h2-9,18-20H,10-16H2,1H3,(H,25,30)(H,26,31)/t18-,19-,20-/m0/s1. The molecule has 0 radical (unpaired) electrons. The van der Waals surface area contributed by atoms with Gasteiger partial charge >= 0.3 is 6.03 Å². The van der Waals surface area contributed by atoms with Crippen LogP contribution >= 0.6 is 0 Å². The van der Waals surface area contributed by atoms with Gasteiger partial charge in [0.15, 0.2) is 0 Å². The monoisotopic (exact) mass is 438 g/mol. The van der Waals surface area contributed by atoms with Crippen LogP contribution in [0.2, 0.25) is 0 Å². The quantitative estimate of drug-likeness (QED) is 0.639. The first kappa shape index (κ1) is 22.1. The molecule has 3 amide bonds. The highest BCUT2D eigenvalue weighted by Crippen LogP contribution is 2.34. The smallest absolute Gasteiger partial charge is 0.318 e. The number of fused-ring (bicyclic) bond motifs is 4. The highest BCUT2D eigenvalue weighted by Gasteiger charge is 2.37. The maximum Gasteiger partial charge on any atom is 0.318 e. The average molecular weight is 439 g/mol. The molecule has 170 valence electrons. The van der Waals surface area contributed by atoms with Gasteiger partial charge in [-0.25, -0.2) is 4.79 Å². The van der Waals surface area contributed by atoms with Crippen molar-refractivity contribution in [2.45, 2.75) is 31.3 Å². The van der Waals surface area contributed by atoms with Crippen molar-refractivity contribution in [2.75, 3.05) is 33.4 Å². The first-order valence-corrected chi connectivity index (χ1v) is 11.1. The van der Waals surface area contributed by atoms with Gasteiger partial charge in [-0.2, -0.15) is 0 Å². The molecule has 8 nitrogen and oxygen atoms in total. The molecule has 1 aromatic heterocycles. The highest BCUT2D eigenvalue weighted by atomic mass is 16.5. The number of hydrogen-bond acceptors (Lipinski definition) is 4. The molecular weight excluding hydrogens is 408 g/mol. The second-order valence-corrected chi connectivity index (χ2v) is 8.58. The van der Waals surface area contributed by atoms with Gasteiger partial charge in [-0.1, -0.05) is 36.4 Å². The lowest BCUT2D eigenvalue weighted by Crippen LogP contribution is -2.56. The van der Waals surface area contributed by atoms with Crippen molar-refractivity contribution >= 4 is 11.9 Å². The fraction of sp³-hybridized carbons (Fsp3) is 0.458. The van der Waals surface area contributed by atoms with Gasteiger partial charge in [0.25, 0.3) is 5.56 Å². The Morgan fingerprint density at radius 3 is 2.69 bits per heavy atom. The molecule has 3 heterocycles. The Morgan fingerprint density at radius 1 is 1.09 bits per heavy atom. The van der Waals surface area contributed by atoms with Crippen molar-refractivity contribution < 1.29 is 14.3 Å². The van der Waals surface area contributed by atoms with Gasteiger partial charge in [-0.05, 0) is 24.0 Å². The average Bonchev–Trinajstić information content (AvgIpc) is 2.80. The first-order chi connectivity index (χ1) is 15.5. The molecule has 2 bridgehead atoms. The minimum Gasteiger partial charge on any atom is -0.383 e. The van der Waals surface area contributed by atoms with Gasteiger partial charge < -0.3 is 24.8 Å². The van der Waals surface area contributed by atoms with E-state index in [4.69, 9.17) is 4.74 Å². The zero-order valence-corrected chi connectivity index (χ0v) is 18.3. The van der Waals surface area contributed by atoms with Crippen LogP contribution in [-0.2, 0) is 22.5 Å². The maximum atomic E-state index is 13.2.